The Morgan fingerprint density at radius 2 is 2.17 bits per heavy atom. The number of hydrogen-bond acceptors (Lipinski definition) is 4. The molecular weight excluding hydrogens is 314 g/mol. The molecule has 2 N–H and O–H groups in total. The lowest BCUT2D eigenvalue weighted by molar-refractivity contribution is 0.557. The zero-order valence-electron chi connectivity index (χ0n) is 12.4. The molecule has 0 fully saturated rings. The number of benzene rings is 1. The van der Waals surface area contributed by atoms with Gasteiger partial charge in [-0.25, -0.2) is 4.98 Å². The van der Waals surface area contributed by atoms with Crippen LogP contribution in [-0.2, 0) is 6.54 Å². The summed E-state index contributed by atoms with van der Waals surface area (Å²) in [5, 5.41) is 1.02. The van der Waals surface area contributed by atoms with Gasteiger partial charge in [-0.2, -0.15) is 0 Å². The Labute approximate surface area is 138 Å². The summed E-state index contributed by atoms with van der Waals surface area (Å²) < 4.78 is 6.89. The molecule has 0 radical (unpaired) electrons. The van der Waals surface area contributed by atoms with E-state index >= 15 is 0 Å². The Morgan fingerprint density at radius 1 is 1.30 bits per heavy atom. The van der Waals surface area contributed by atoms with E-state index in [1.807, 2.05) is 6.07 Å². The molecule has 5 nitrogen and oxygen atoms in total. The van der Waals surface area contributed by atoms with Gasteiger partial charge in [-0.05, 0) is 55.4 Å². The van der Waals surface area contributed by atoms with Crippen molar-refractivity contribution in [2.45, 2.75) is 13.0 Å². The summed E-state index contributed by atoms with van der Waals surface area (Å²) in [6, 6.07) is 8.75. The Balaban J connectivity index is 2.14. The smallest absolute Gasteiger partial charge is 0.261 e. The van der Waals surface area contributed by atoms with Crippen LogP contribution in [0, 0.1) is 0 Å². The fraction of sp³-hybridized carbons (Fsp3) is 0.176. The Kier molecular flexibility index (Phi) is 4.60. The maximum absolute atomic E-state index is 12.7. The number of nitrogens with zero attached hydrogens (tertiary/aromatic N) is 2. The number of rotatable bonds is 5. The quantitative estimate of drug-likeness (QED) is 0.780. The van der Waals surface area contributed by atoms with Gasteiger partial charge in [0, 0.05) is 11.6 Å². The number of nitrogens with two attached hydrogens (primary N) is 1. The van der Waals surface area contributed by atoms with Crippen molar-refractivity contribution < 1.29 is 4.42 Å². The van der Waals surface area contributed by atoms with Crippen molar-refractivity contribution in [2.75, 3.05) is 6.54 Å². The minimum absolute atomic E-state index is 0.120. The zero-order valence-corrected chi connectivity index (χ0v) is 13.2. The fourth-order valence-corrected chi connectivity index (χ4v) is 2.52. The number of furan rings is 1. The topological polar surface area (TPSA) is 74.1 Å². The van der Waals surface area contributed by atoms with Gasteiger partial charge in [0.05, 0.1) is 17.2 Å². The van der Waals surface area contributed by atoms with Crippen LogP contribution in [0.1, 0.15) is 18.0 Å². The first-order valence-electron chi connectivity index (χ1n) is 7.31. The molecule has 0 atom stereocenters. The Hall–Kier alpha value is -2.37. The van der Waals surface area contributed by atoms with Gasteiger partial charge in [0.1, 0.15) is 11.6 Å². The van der Waals surface area contributed by atoms with Crippen LogP contribution in [0.25, 0.3) is 23.1 Å². The van der Waals surface area contributed by atoms with Crippen molar-refractivity contribution in [3.63, 3.8) is 0 Å². The molecule has 0 saturated heterocycles. The predicted octanol–water partition coefficient (Wildman–Crippen LogP) is 3.16. The predicted molar refractivity (Wildman–Crippen MR) is 92.3 cm³/mol. The van der Waals surface area contributed by atoms with Crippen molar-refractivity contribution in [3.8, 4) is 0 Å². The zero-order chi connectivity index (χ0) is 16.2. The van der Waals surface area contributed by atoms with E-state index in [-0.39, 0.29) is 5.56 Å². The molecule has 2 aromatic heterocycles. The van der Waals surface area contributed by atoms with Gasteiger partial charge in [-0.3, -0.25) is 9.36 Å². The lowest BCUT2D eigenvalue weighted by Crippen LogP contribution is -2.25. The summed E-state index contributed by atoms with van der Waals surface area (Å²) in [5.41, 5.74) is 6.07. The molecule has 6 heteroatoms. The molecule has 2 heterocycles. The summed E-state index contributed by atoms with van der Waals surface area (Å²) in [6.07, 6.45) is 5.83. The van der Waals surface area contributed by atoms with Gasteiger partial charge in [0.2, 0.25) is 0 Å². The van der Waals surface area contributed by atoms with Gasteiger partial charge in [-0.1, -0.05) is 11.6 Å². The van der Waals surface area contributed by atoms with E-state index in [2.05, 4.69) is 4.98 Å². The normalized spacial score (nSPS) is 11.6. The molecular formula is C17H16ClN3O2. The molecule has 0 spiro atoms. The van der Waals surface area contributed by atoms with Crippen LogP contribution in [0.3, 0.4) is 0 Å². The molecule has 0 unspecified atom stereocenters. The molecule has 23 heavy (non-hydrogen) atoms. The Morgan fingerprint density at radius 3 is 2.91 bits per heavy atom. The van der Waals surface area contributed by atoms with Crippen LogP contribution >= 0.6 is 11.6 Å². The second-order valence-electron chi connectivity index (χ2n) is 5.08. The molecule has 118 valence electrons. The third-order valence-electron chi connectivity index (χ3n) is 3.47. The summed E-state index contributed by atoms with van der Waals surface area (Å²) in [7, 11) is 0. The Bertz CT molecular complexity index is 898. The average Bonchev–Trinajstić information content (AvgIpc) is 3.06. The third kappa shape index (κ3) is 3.36. The van der Waals surface area contributed by atoms with E-state index in [1.54, 1.807) is 47.2 Å². The highest BCUT2D eigenvalue weighted by Crippen LogP contribution is 2.16. The van der Waals surface area contributed by atoms with E-state index in [1.165, 1.54) is 0 Å². The fourth-order valence-electron chi connectivity index (χ4n) is 2.35. The SMILES string of the molecule is NCCCn1c(C=Cc2ccco2)nc2ccc(Cl)cc2c1=O. The molecule has 0 aliphatic carbocycles. The van der Waals surface area contributed by atoms with Gasteiger partial charge >= 0.3 is 0 Å². The van der Waals surface area contributed by atoms with Gasteiger partial charge in [-0.15, -0.1) is 0 Å². The molecule has 1 aromatic carbocycles. The largest absolute Gasteiger partial charge is 0.465 e. The first-order chi connectivity index (χ1) is 11.2. The number of fused-ring (bicyclic) bond motifs is 1. The second kappa shape index (κ2) is 6.81. The van der Waals surface area contributed by atoms with Gasteiger partial charge < -0.3 is 10.2 Å². The molecule has 0 aliphatic rings. The average molecular weight is 330 g/mol. The van der Waals surface area contributed by atoms with E-state index in [0.29, 0.717) is 47.0 Å². The van der Waals surface area contributed by atoms with E-state index in [4.69, 9.17) is 21.8 Å². The van der Waals surface area contributed by atoms with Crippen LogP contribution < -0.4 is 11.3 Å². The lowest BCUT2D eigenvalue weighted by Gasteiger charge is -2.10. The number of halogens is 1. The highest BCUT2D eigenvalue weighted by molar-refractivity contribution is 6.31. The van der Waals surface area contributed by atoms with Crippen LogP contribution in [0.4, 0.5) is 0 Å². The van der Waals surface area contributed by atoms with Crippen molar-refractivity contribution in [3.05, 3.63) is 63.6 Å². The van der Waals surface area contributed by atoms with Crippen molar-refractivity contribution in [1.82, 2.24) is 9.55 Å². The van der Waals surface area contributed by atoms with E-state index in [0.717, 1.165) is 0 Å². The van der Waals surface area contributed by atoms with Crippen molar-refractivity contribution >= 4 is 34.7 Å². The van der Waals surface area contributed by atoms with Gasteiger partial charge in [0.15, 0.2) is 0 Å². The van der Waals surface area contributed by atoms with Crippen LogP contribution in [-0.4, -0.2) is 16.1 Å². The maximum atomic E-state index is 12.7. The third-order valence-corrected chi connectivity index (χ3v) is 3.71. The molecule has 0 saturated carbocycles. The number of hydrogen-bond donors (Lipinski definition) is 1. The lowest BCUT2D eigenvalue weighted by atomic mass is 10.2. The summed E-state index contributed by atoms with van der Waals surface area (Å²) in [5.74, 6) is 1.26. The van der Waals surface area contributed by atoms with E-state index in [9.17, 15) is 4.79 Å². The monoisotopic (exact) mass is 329 g/mol. The van der Waals surface area contributed by atoms with Crippen LogP contribution in [0.5, 0.6) is 0 Å². The van der Waals surface area contributed by atoms with E-state index < -0.39 is 0 Å². The second-order valence-corrected chi connectivity index (χ2v) is 5.52. The summed E-state index contributed by atoms with van der Waals surface area (Å²) in [4.78, 5) is 17.3. The molecule has 0 bridgehead atoms. The first-order valence-corrected chi connectivity index (χ1v) is 7.68. The van der Waals surface area contributed by atoms with Crippen LogP contribution in [0.2, 0.25) is 5.02 Å². The maximum Gasteiger partial charge on any atom is 0.261 e. The van der Waals surface area contributed by atoms with Crippen molar-refractivity contribution in [1.29, 1.82) is 0 Å². The molecule has 3 aromatic rings. The minimum Gasteiger partial charge on any atom is -0.465 e. The standard InChI is InChI=1S/C17H16ClN3O2/c18-12-4-6-15-14(11-12)17(22)21(9-2-8-19)16(20-15)7-5-13-3-1-10-23-13/h1,3-7,10-11H,2,8-9,19H2. The molecule has 0 amide bonds. The van der Waals surface area contributed by atoms with Crippen LogP contribution in [0.15, 0.2) is 45.8 Å². The number of aromatic nitrogens is 2. The van der Waals surface area contributed by atoms with Crippen molar-refractivity contribution in [2.24, 2.45) is 5.73 Å². The first kappa shape index (κ1) is 15.5. The minimum atomic E-state index is -0.120. The highest BCUT2D eigenvalue weighted by atomic mass is 35.5. The summed E-state index contributed by atoms with van der Waals surface area (Å²) >= 11 is 5.99. The molecule has 0 aliphatic heterocycles. The highest BCUT2D eigenvalue weighted by Gasteiger charge is 2.09. The summed E-state index contributed by atoms with van der Waals surface area (Å²) in [6.45, 7) is 1.00. The molecule has 3 rings (SSSR count). The van der Waals surface area contributed by atoms with Gasteiger partial charge in [0.25, 0.3) is 5.56 Å².